The fourth-order valence-corrected chi connectivity index (χ4v) is 25.5. The Morgan fingerprint density at radius 1 is 0.337 bits per heavy atom. The van der Waals surface area contributed by atoms with Crippen molar-refractivity contribution >= 4 is 8.07 Å². The minimum atomic E-state index is -1.65. The van der Waals surface area contributed by atoms with E-state index in [1.54, 1.807) is 11.1 Å². The molecule has 2 atom stereocenters. The number of aromatic hydroxyl groups is 4. The summed E-state index contributed by atoms with van der Waals surface area (Å²) in [4.78, 5) is 0. The quantitative estimate of drug-likeness (QED) is 0.145. The molecule has 7 rings (SSSR count). The molecule has 0 saturated heterocycles. The molecule has 0 fully saturated rings. The van der Waals surface area contributed by atoms with Crippen LogP contribution in [0.1, 0.15) is 279 Å². The standard InChI is InChI=1S/2C28H42O2.C24H38Si.Zr/c2*1-25(2,3)17-13-19(23(29)21(15-17)27(7,8)9)20-14-18(26(4,5)6)16-22(24(20)30)28(10,11)12;1-11-23(5,6)19-13-17(3)15-21(19)25(9,10)22-16-18(4)14-20(22)24(7,8)12-2;/h2*13-16,29-30H,1-12H3;13-14,17-18H,11-12H2,1-10H3;. The first kappa shape index (κ1) is 72.9. The van der Waals surface area contributed by atoms with Crippen molar-refractivity contribution in [3.05, 3.63) is 133 Å². The van der Waals surface area contributed by atoms with Gasteiger partial charge < -0.3 is 20.4 Å². The molecule has 4 aromatic carbocycles. The van der Waals surface area contributed by atoms with E-state index in [2.05, 4.69) is 295 Å². The molecule has 474 valence electrons. The summed E-state index contributed by atoms with van der Waals surface area (Å²) in [6.07, 6.45) is 7.82. The van der Waals surface area contributed by atoms with Crippen molar-refractivity contribution in [2.75, 3.05) is 0 Å². The summed E-state index contributed by atoms with van der Waals surface area (Å²) in [5.41, 5.74) is 14.0. The first-order valence-electron chi connectivity index (χ1n) is 32.6. The Balaban J connectivity index is 0.000000236. The van der Waals surface area contributed by atoms with Crippen LogP contribution < -0.4 is 0 Å². The molecule has 1 aliphatic heterocycles. The summed E-state index contributed by atoms with van der Waals surface area (Å²) in [5.74, 6) is 2.45. The number of phenols is 4. The molecule has 0 radical (unpaired) electrons. The van der Waals surface area contributed by atoms with Crippen molar-refractivity contribution in [3.8, 4) is 45.3 Å². The van der Waals surface area contributed by atoms with Crippen LogP contribution in [-0.2, 0) is 66.6 Å². The van der Waals surface area contributed by atoms with Gasteiger partial charge in [-0.1, -0.05) is 190 Å². The van der Waals surface area contributed by atoms with Gasteiger partial charge in [0.25, 0.3) is 0 Å². The molecule has 0 aromatic heterocycles. The molecule has 4 N–H and O–H groups in total. The van der Waals surface area contributed by atoms with Crippen LogP contribution in [0.25, 0.3) is 22.3 Å². The molecule has 4 nitrogen and oxygen atoms in total. The van der Waals surface area contributed by atoms with E-state index in [0.29, 0.717) is 44.9 Å². The van der Waals surface area contributed by atoms with E-state index in [4.69, 9.17) is 0 Å². The van der Waals surface area contributed by atoms with E-state index in [1.807, 2.05) is 17.0 Å². The zero-order chi connectivity index (χ0) is 66.5. The van der Waals surface area contributed by atoms with Gasteiger partial charge in [0.1, 0.15) is 23.0 Å². The van der Waals surface area contributed by atoms with Crippen LogP contribution in [0.4, 0.5) is 0 Å². The van der Waals surface area contributed by atoms with Crippen LogP contribution in [0.3, 0.4) is 0 Å². The van der Waals surface area contributed by atoms with Gasteiger partial charge in [-0.2, -0.15) is 0 Å². The number of hydrogen-bond acceptors (Lipinski definition) is 4. The summed E-state index contributed by atoms with van der Waals surface area (Å²) >= 11 is -0.644. The van der Waals surface area contributed by atoms with Gasteiger partial charge in [-0.25, -0.2) is 0 Å². The average Bonchev–Trinajstić information content (AvgIpc) is 1.55. The van der Waals surface area contributed by atoms with Crippen LogP contribution in [0.5, 0.6) is 23.0 Å². The summed E-state index contributed by atoms with van der Waals surface area (Å²) in [6, 6.07) is 16.7. The summed E-state index contributed by atoms with van der Waals surface area (Å²) in [6.45, 7) is 76.5. The van der Waals surface area contributed by atoms with E-state index in [0.717, 1.165) is 44.5 Å². The fourth-order valence-electron chi connectivity index (χ4n) is 12.4. The average molecular weight is 1270 g/mol. The molecule has 86 heavy (non-hydrogen) atoms. The summed E-state index contributed by atoms with van der Waals surface area (Å²) in [5, 5.41) is 49.3. The molecule has 0 bridgehead atoms. The molecule has 6 heteroatoms. The van der Waals surface area contributed by atoms with Crippen molar-refractivity contribution in [2.45, 2.75) is 291 Å². The molecular weight excluding hydrogens is 1140 g/mol. The Hall–Kier alpha value is -3.86. The first-order chi connectivity index (χ1) is 38.4. The molecule has 0 spiro atoms. The SMILES string of the molecule is CC(C)(C)c1cc(-c2cc(C(C)(C)C)cc(C(C)(C)C)c2O)c(O)c(C(C)(C)C)c1.CC(C)(C)c1cc(-c2cc(C(C)(C)C)cc(C(C)(C)C)c2O)c(O)c(C(C)(C)C)c1.CCC(C)(C)C1=CC(C)[C]2=C1[Si](C)(C)C1=[C]([Zr]2)C(C)C=C1C(C)(C)CC. The minimum absolute atomic E-state index is 0.0768. The van der Waals surface area contributed by atoms with E-state index < -0.39 is 31.3 Å². The molecule has 2 unspecified atom stereocenters. The predicted molar refractivity (Wildman–Crippen MR) is 374 cm³/mol. The second-order valence-corrected chi connectivity index (χ2v) is 43.7. The van der Waals surface area contributed by atoms with Gasteiger partial charge in [0.05, 0.1) is 0 Å². The summed E-state index contributed by atoms with van der Waals surface area (Å²) in [7, 11) is -1.65. The number of hydrogen-bond donors (Lipinski definition) is 4. The molecule has 0 amide bonds. The van der Waals surface area contributed by atoms with Crippen molar-refractivity contribution in [1.29, 1.82) is 0 Å². The zero-order valence-corrected chi connectivity index (χ0v) is 64.6. The van der Waals surface area contributed by atoms with Crippen molar-refractivity contribution in [3.63, 3.8) is 0 Å². The Labute approximate surface area is 540 Å². The Morgan fingerprint density at radius 2 is 0.535 bits per heavy atom. The maximum absolute atomic E-state index is 11.4. The van der Waals surface area contributed by atoms with Gasteiger partial charge in [-0.15, -0.1) is 0 Å². The molecular formula is C80H122O4SiZr. The molecule has 0 saturated carbocycles. The Morgan fingerprint density at radius 3 is 0.698 bits per heavy atom. The second kappa shape index (κ2) is 24.1. The van der Waals surface area contributed by atoms with E-state index in [9.17, 15) is 20.4 Å². The normalized spacial score (nSPS) is 17.9. The molecule has 4 aromatic rings. The molecule has 3 aliphatic rings. The van der Waals surface area contributed by atoms with Crippen molar-refractivity contribution in [1.82, 2.24) is 0 Å². The van der Waals surface area contributed by atoms with Crippen LogP contribution in [-0.4, -0.2) is 28.5 Å². The molecule has 2 aliphatic carbocycles. The molecule has 1 heterocycles. The third kappa shape index (κ3) is 15.1. The maximum atomic E-state index is 11.4. The van der Waals surface area contributed by atoms with Crippen LogP contribution in [0.2, 0.25) is 13.1 Å². The number of benzene rings is 4. The second-order valence-electron chi connectivity index (χ2n) is 36.2. The van der Waals surface area contributed by atoms with Gasteiger partial charge in [-0.05, 0) is 89.8 Å². The van der Waals surface area contributed by atoms with E-state index >= 15 is 0 Å². The van der Waals surface area contributed by atoms with Crippen LogP contribution in [0, 0.1) is 22.7 Å². The Bertz CT molecular complexity index is 2960. The van der Waals surface area contributed by atoms with Gasteiger partial charge in [0, 0.05) is 44.5 Å². The van der Waals surface area contributed by atoms with Gasteiger partial charge in [-0.3, -0.25) is 0 Å². The van der Waals surface area contributed by atoms with Gasteiger partial charge in [0.15, 0.2) is 0 Å². The third-order valence-corrected chi connectivity index (χ3v) is 28.9. The number of allylic oxidation sites excluding steroid dienone is 8. The Kier molecular flexibility index (Phi) is 20.4. The van der Waals surface area contributed by atoms with Gasteiger partial charge >= 0.3 is 176 Å². The van der Waals surface area contributed by atoms with E-state index in [1.165, 1.54) is 12.8 Å². The topological polar surface area (TPSA) is 80.9 Å². The van der Waals surface area contributed by atoms with Crippen LogP contribution in [0.15, 0.2) is 88.8 Å². The van der Waals surface area contributed by atoms with Crippen molar-refractivity contribution in [2.24, 2.45) is 22.7 Å². The van der Waals surface area contributed by atoms with Crippen LogP contribution >= 0.6 is 0 Å². The number of rotatable bonds is 6. The van der Waals surface area contributed by atoms with E-state index in [-0.39, 0.29) is 66.3 Å². The van der Waals surface area contributed by atoms with Crippen molar-refractivity contribution < 1.29 is 43.7 Å². The fraction of sp³-hybridized carbons (Fsp3) is 0.600. The van der Waals surface area contributed by atoms with Gasteiger partial charge in [0.2, 0.25) is 0 Å². The predicted octanol–water partition coefficient (Wildman–Crippen LogP) is 23.3. The zero-order valence-electron chi connectivity index (χ0n) is 61.1. The summed E-state index contributed by atoms with van der Waals surface area (Å²) < 4.78 is 3.88. The number of phenolic OH excluding ortho intramolecular Hbond substituents is 4. The first-order valence-corrected chi connectivity index (χ1v) is 38.1. The monoisotopic (exact) mass is 1260 g/mol. The third-order valence-electron chi connectivity index (χ3n) is 19.3.